The molecule has 0 aliphatic rings. The summed E-state index contributed by atoms with van der Waals surface area (Å²) in [5.41, 5.74) is 2.38. The molecule has 2 nitrogen and oxygen atoms in total. The Bertz CT molecular complexity index is 434. The van der Waals surface area contributed by atoms with Gasteiger partial charge in [0.05, 0.1) is 6.61 Å². The van der Waals surface area contributed by atoms with Crippen molar-refractivity contribution >= 4 is 0 Å². The highest BCUT2D eigenvalue weighted by Crippen LogP contribution is 2.21. The van der Waals surface area contributed by atoms with Crippen LogP contribution >= 0.6 is 0 Å². The van der Waals surface area contributed by atoms with Gasteiger partial charge in [-0.05, 0) is 30.2 Å². The molecule has 2 rings (SSSR count). The predicted octanol–water partition coefficient (Wildman–Crippen LogP) is 3.54. The molecule has 2 heteroatoms. The minimum atomic E-state index is 0.244. The van der Waals surface area contributed by atoms with Crippen molar-refractivity contribution in [3.05, 3.63) is 61.5 Å². The van der Waals surface area contributed by atoms with Gasteiger partial charge in [0.1, 0.15) is 5.75 Å². The van der Waals surface area contributed by atoms with E-state index in [4.69, 9.17) is 9.47 Å². The Kier molecular flexibility index (Phi) is 4.17. The molecule has 0 aliphatic carbocycles. The summed E-state index contributed by atoms with van der Waals surface area (Å²) in [6.45, 7) is 4.23. The van der Waals surface area contributed by atoms with E-state index in [0.717, 1.165) is 5.75 Å². The van der Waals surface area contributed by atoms with Crippen molar-refractivity contribution < 1.29 is 9.47 Å². The predicted molar refractivity (Wildman–Crippen MR) is 68.7 cm³/mol. The van der Waals surface area contributed by atoms with Crippen molar-refractivity contribution in [2.24, 2.45) is 0 Å². The Morgan fingerprint density at radius 2 is 1.47 bits per heavy atom. The lowest BCUT2D eigenvalue weighted by atomic mass is 10.1. The molecule has 0 amide bonds. The molecule has 0 fully saturated rings. The van der Waals surface area contributed by atoms with E-state index in [-0.39, 0.29) is 6.79 Å². The third-order valence-corrected chi connectivity index (χ3v) is 2.41. The van der Waals surface area contributed by atoms with Crippen molar-refractivity contribution in [1.82, 2.24) is 0 Å². The molecule has 0 aliphatic heterocycles. The Morgan fingerprint density at radius 1 is 0.824 bits per heavy atom. The maximum atomic E-state index is 5.38. The van der Waals surface area contributed by atoms with Crippen molar-refractivity contribution in [3.8, 4) is 16.9 Å². The molecule has 87 valence electrons. The van der Waals surface area contributed by atoms with Crippen LogP contribution in [0.15, 0.2) is 54.6 Å². The summed E-state index contributed by atoms with van der Waals surface area (Å²) in [5, 5.41) is 0. The SMILES string of the molecule is [CH2]COCOc1ccc(-c2ccccc2)cc1. The monoisotopic (exact) mass is 227 g/mol. The highest BCUT2D eigenvalue weighted by Gasteiger charge is 1.97. The Hall–Kier alpha value is -1.80. The van der Waals surface area contributed by atoms with Gasteiger partial charge in [-0.1, -0.05) is 42.5 Å². The molecule has 0 heterocycles. The minimum absolute atomic E-state index is 0.244. The van der Waals surface area contributed by atoms with E-state index in [9.17, 15) is 0 Å². The quantitative estimate of drug-likeness (QED) is 0.574. The fourth-order valence-corrected chi connectivity index (χ4v) is 1.54. The second-order valence-corrected chi connectivity index (χ2v) is 3.56. The molecule has 0 saturated carbocycles. The van der Waals surface area contributed by atoms with Gasteiger partial charge in [0, 0.05) is 0 Å². The molecule has 17 heavy (non-hydrogen) atoms. The van der Waals surface area contributed by atoms with E-state index < -0.39 is 0 Å². The summed E-state index contributed by atoms with van der Waals surface area (Å²) in [7, 11) is 0. The maximum Gasteiger partial charge on any atom is 0.189 e. The highest BCUT2D eigenvalue weighted by molar-refractivity contribution is 5.63. The van der Waals surface area contributed by atoms with Crippen LogP contribution in [-0.2, 0) is 4.74 Å². The van der Waals surface area contributed by atoms with Gasteiger partial charge < -0.3 is 9.47 Å². The first-order chi connectivity index (χ1) is 8.40. The number of rotatable bonds is 5. The van der Waals surface area contributed by atoms with E-state index in [1.807, 2.05) is 42.5 Å². The molecular formula is C15H15O2. The first-order valence-corrected chi connectivity index (χ1v) is 5.55. The molecular weight excluding hydrogens is 212 g/mol. The zero-order valence-corrected chi connectivity index (χ0v) is 9.63. The van der Waals surface area contributed by atoms with Gasteiger partial charge in [-0.2, -0.15) is 0 Å². The standard InChI is InChI=1S/C15H15O2/c1-2-16-12-17-15-10-8-14(9-11-15)13-6-4-3-5-7-13/h3-11H,1-2,12H2. The normalized spacial score (nSPS) is 10.2. The molecule has 1 radical (unpaired) electrons. The van der Waals surface area contributed by atoms with Crippen LogP contribution in [0, 0.1) is 6.92 Å². The Morgan fingerprint density at radius 3 is 2.12 bits per heavy atom. The first-order valence-electron chi connectivity index (χ1n) is 5.55. The molecule has 0 N–H and O–H groups in total. The smallest absolute Gasteiger partial charge is 0.189 e. The van der Waals surface area contributed by atoms with E-state index in [1.54, 1.807) is 0 Å². The number of hydrogen-bond acceptors (Lipinski definition) is 2. The first kappa shape index (κ1) is 11.7. The van der Waals surface area contributed by atoms with Crippen LogP contribution in [-0.4, -0.2) is 13.4 Å². The molecule has 2 aromatic carbocycles. The van der Waals surface area contributed by atoms with Gasteiger partial charge in [-0.15, -0.1) is 0 Å². The average Bonchev–Trinajstić information content (AvgIpc) is 2.41. The van der Waals surface area contributed by atoms with E-state index in [0.29, 0.717) is 6.61 Å². The van der Waals surface area contributed by atoms with Crippen LogP contribution in [0.2, 0.25) is 0 Å². The lowest BCUT2D eigenvalue weighted by Crippen LogP contribution is -2.01. The summed E-state index contributed by atoms with van der Waals surface area (Å²) in [4.78, 5) is 0. The maximum absolute atomic E-state index is 5.38. The van der Waals surface area contributed by atoms with Crippen molar-refractivity contribution in [2.75, 3.05) is 13.4 Å². The van der Waals surface area contributed by atoms with E-state index >= 15 is 0 Å². The van der Waals surface area contributed by atoms with Gasteiger partial charge in [0.2, 0.25) is 0 Å². The summed E-state index contributed by atoms with van der Waals surface area (Å²) < 4.78 is 10.4. The lowest BCUT2D eigenvalue weighted by Gasteiger charge is -2.07. The lowest BCUT2D eigenvalue weighted by molar-refractivity contribution is 0.0299. The molecule has 0 aromatic heterocycles. The van der Waals surface area contributed by atoms with E-state index in [1.165, 1.54) is 11.1 Å². The fraction of sp³-hybridized carbons (Fsp3) is 0.133. The molecule has 0 atom stereocenters. The van der Waals surface area contributed by atoms with Gasteiger partial charge in [-0.25, -0.2) is 0 Å². The number of hydrogen-bond donors (Lipinski definition) is 0. The molecule has 0 bridgehead atoms. The second kappa shape index (κ2) is 6.06. The highest BCUT2D eigenvalue weighted by atomic mass is 16.7. The summed E-state index contributed by atoms with van der Waals surface area (Å²) >= 11 is 0. The number of benzene rings is 2. The van der Waals surface area contributed by atoms with Crippen LogP contribution in [0.4, 0.5) is 0 Å². The van der Waals surface area contributed by atoms with Crippen molar-refractivity contribution in [1.29, 1.82) is 0 Å². The van der Waals surface area contributed by atoms with Crippen LogP contribution in [0.5, 0.6) is 5.75 Å². The zero-order valence-electron chi connectivity index (χ0n) is 9.63. The third kappa shape index (κ3) is 3.33. The molecule has 0 spiro atoms. The molecule has 0 unspecified atom stereocenters. The Balaban J connectivity index is 2.03. The zero-order chi connectivity index (χ0) is 11.9. The van der Waals surface area contributed by atoms with Gasteiger partial charge in [-0.3, -0.25) is 0 Å². The average molecular weight is 227 g/mol. The summed E-state index contributed by atoms with van der Waals surface area (Å²) in [6, 6.07) is 18.2. The van der Waals surface area contributed by atoms with Crippen LogP contribution < -0.4 is 4.74 Å². The summed E-state index contributed by atoms with van der Waals surface area (Å²) in [6.07, 6.45) is 0. The van der Waals surface area contributed by atoms with Crippen molar-refractivity contribution in [3.63, 3.8) is 0 Å². The number of ether oxygens (including phenoxy) is 2. The fourth-order valence-electron chi connectivity index (χ4n) is 1.54. The van der Waals surface area contributed by atoms with Crippen LogP contribution in [0.3, 0.4) is 0 Å². The summed E-state index contributed by atoms with van der Waals surface area (Å²) in [5.74, 6) is 0.804. The van der Waals surface area contributed by atoms with Crippen molar-refractivity contribution in [2.45, 2.75) is 0 Å². The van der Waals surface area contributed by atoms with E-state index in [2.05, 4.69) is 19.1 Å². The molecule has 0 saturated heterocycles. The minimum Gasteiger partial charge on any atom is -0.468 e. The van der Waals surface area contributed by atoms with Gasteiger partial charge in [0.15, 0.2) is 6.79 Å². The molecule has 2 aromatic rings. The largest absolute Gasteiger partial charge is 0.468 e. The van der Waals surface area contributed by atoms with Crippen LogP contribution in [0.25, 0.3) is 11.1 Å². The second-order valence-electron chi connectivity index (χ2n) is 3.56. The van der Waals surface area contributed by atoms with Gasteiger partial charge in [0.25, 0.3) is 0 Å². The van der Waals surface area contributed by atoms with Gasteiger partial charge >= 0.3 is 0 Å². The third-order valence-electron chi connectivity index (χ3n) is 2.41. The van der Waals surface area contributed by atoms with Crippen LogP contribution in [0.1, 0.15) is 0 Å². The Labute approximate surface area is 102 Å². The topological polar surface area (TPSA) is 18.5 Å².